The Bertz CT molecular complexity index is 503. The average molecular weight is 291 g/mol. The summed E-state index contributed by atoms with van der Waals surface area (Å²) in [5.41, 5.74) is 1.70. The van der Waals surface area contributed by atoms with Crippen LogP contribution in [0.3, 0.4) is 0 Å². The number of anilines is 2. The number of rotatable bonds is 2. The Balaban J connectivity index is 2.08. The first-order valence-corrected chi connectivity index (χ1v) is 7.37. The van der Waals surface area contributed by atoms with E-state index in [0.717, 1.165) is 49.8 Å². The van der Waals surface area contributed by atoms with Crippen LogP contribution in [0.15, 0.2) is 12.1 Å². The van der Waals surface area contributed by atoms with E-state index in [-0.39, 0.29) is 6.03 Å². The van der Waals surface area contributed by atoms with Crippen molar-refractivity contribution >= 4 is 17.5 Å². The molecule has 0 bridgehead atoms. The van der Waals surface area contributed by atoms with Gasteiger partial charge in [-0.15, -0.1) is 0 Å². The lowest BCUT2D eigenvalue weighted by atomic mass is 10.3. The van der Waals surface area contributed by atoms with Gasteiger partial charge in [0.25, 0.3) is 0 Å². The van der Waals surface area contributed by atoms with Crippen LogP contribution in [0.4, 0.5) is 16.3 Å². The standard InChI is InChI=1S/C15H25N5O/c1-12-6-7-13(14(16-12)18(2)3)17-15(21)20-9-5-8-19(4)10-11-20/h6-7H,5,8-11H2,1-4H3,(H,17,21). The van der Waals surface area contributed by atoms with Crippen molar-refractivity contribution in [3.63, 3.8) is 0 Å². The van der Waals surface area contributed by atoms with Gasteiger partial charge in [0, 0.05) is 39.4 Å². The number of aryl methyl sites for hydroxylation is 1. The lowest BCUT2D eigenvalue weighted by Crippen LogP contribution is -2.38. The summed E-state index contributed by atoms with van der Waals surface area (Å²) in [6, 6.07) is 3.79. The van der Waals surface area contributed by atoms with Crippen LogP contribution in [-0.2, 0) is 0 Å². The van der Waals surface area contributed by atoms with Crippen LogP contribution in [0.1, 0.15) is 12.1 Å². The maximum Gasteiger partial charge on any atom is 0.321 e. The van der Waals surface area contributed by atoms with Gasteiger partial charge >= 0.3 is 6.03 Å². The third-order valence-electron chi connectivity index (χ3n) is 3.69. The molecule has 1 aromatic rings. The average Bonchev–Trinajstić information content (AvgIpc) is 2.65. The normalized spacial score (nSPS) is 16.5. The SMILES string of the molecule is Cc1ccc(NC(=O)N2CCCN(C)CC2)c(N(C)C)n1. The van der Waals surface area contributed by atoms with E-state index < -0.39 is 0 Å². The zero-order valence-electron chi connectivity index (χ0n) is 13.4. The quantitative estimate of drug-likeness (QED) is 0.900. The minimum Gasteiger partial charge on any atom is -0.361 e. The zero-order valence-corrected chi connectivity index (χ0v) is 13.4. The minimum absolute atomic E-state index is 0.0425. The van der Waals surface area contributed by atoms with Gasteiger partial charge in [0.2, 0.25) is 0 Å². The first-order chi connectivity index (χ1) is 9.97. The molecule has 0 radical (unpaired) electrons. The lowest BCUT2D eigenvalue weighted by Gasteiger charge is -2.23. The summed E-state index contributed by atoms with van der Waals surface area (Å²) >= 11 is 0. The van der Waals surface area contributed by atoms with E-state index in [1.807, 2.05) is 43.0 Å². The summed E-state index contributed by atoms with van der Waals surface area (Å²) < 4.78 is 0. The largest absolute Gasteiger partial charge is 0.361 e. The third kappa shape index (κ3) is 4.07. The first-order valence-electron chi connectivity index (χ1n) is 7.37. The van der Waals surface area contributed by atoms with E-state index in [9.17, 15) is 4.79 Å². The van der Waals surface area contributed by atoms with Crippen molar-refractivity contribution in [2.45, 2.75) is 13.3 Å². The Morgan fingerprint density at radius 3 is 2.71 bits per heavy atom. The molecule has 1 aliphatic heterocycles. The number of aromatic nitrogens is 1. The number of hydrogen-bond acceptors (Lipinski definition) is 4. The monoisotopic (exact) mass is 291 g/mol. The summed E-state index contributed by atoms with van der Waals surface area (Å²) in [6.45, 7) is 5.47. The van der Waals surface area contributed by atoms with E-state index in [1.54, 1.807) is 0 Å². The Hall–Kier alpha value is -1.82. The molecule has 0 atom stereocenters. The van der Waals surface area contributed by atoms with Crippen LogP contribution in [0, 0.1) is 6.92 Å². The molecule has 0 aliphatic carbocycles. The predicted molar refractivity (Wildman–Crippen MR) is 86.0 cm³/mol. The molecule has 0 spiro atoms. The Morgan fingerprint density at radius 2 is 2.00 bits per heavy atom. The van der Waals surface area contributed by atoms with E-state index in [2.05, 4.69) is 22.2 Å². The van der Waals surface area contributed by atoms with Gasteiger partial charge in [-0.1, -0.05) is 0 Å². The maximum absolute atomic E-state index is 12.4. The van der Waals surface area contributed by atoms with Gasteiger partial charge in [-0.05, 0) is 39.1 Å². The molecule has 0 saturated carbocycles. The number of pyridine rings is 1. The molecular formula is C15H25N5O. The fourth-order valence-electron chi connectivity index (χ4n) is 2.43. The topological polar surface area (TPSA) is 51.7 Å². The smallest absolute Gasteiger partial charge is 0.321 e. The van der Waals surface area contributed by atoms with Gasteiger partial charge in [0.1, 0.15) is 0 Å². The van der Waals surface area contributed by atoms with Crippen LogP contribution >= 0.6 is 0 Å². The van der Waals surface area contributed by atoms with Crippen LogP contribution in [-0.4, -0.2) is 68.1 Å². The molecule has 6 nitrogen and oxygen atoms in total. The van der Waals surface area contributed by atoms with Crippen LogP contribution < -0.4 is 10.2 Å². The van der Waals surface area contributed by atoms with Crippen LogP contribution in [0.5, 0.6) is 0 Å². The maximum atomic E-state index is 12.4. The summed E-state index contributed by atoms with van der Waals surface area (Å²) in [4.78, 5) is 23.0. The molecule has 6 heteroatoms. The van der Waals surface area contributed by atoms with Crippen molar-refractivity contribution in [3.05, 3.63) is 17.8 Å². The van der Waals surface area contributed by atoms with Crippen molar-refractivity contribution in [3.8, 4) is 0 Å². The number of nitrogens with one attached hydrogen (secondary N) is 1. The van der Waals surface area contributed by atoms with Crippen molar-refractivity contribution in [2.24, 2.45) is 0 Å². The fourth-order valence-corrected chi connectivity index (χ4v) is 2.43. The van der Waals surface area contributed by atoms with Crippen molar-refractivity contribution in [2.75, 3.05) is 57.5 Å². The van der Waals surface area contributed by atoms with Gasteiger partial charge in [0.15, 0.2) is 5.82 Å². The summed E-state index contributed by atoms with van der Waals surface area (Å²) in [7, 11) is 5.95. The number of carbonyl (C=O) groups is 1. The van der Waals surface area contributed by atoms with Gasteiger partial charge in [0.05, 0.1) is 5.69 Å². The van der Waals surface area contributed by atoms with E-state index in [1.165, 1.54) is 0 Å². The molecule has 1 fully saturated rings. The second kappa shape index (κ2) is 6.76. The van der Waals surface area contributed by atoms with Crippen molar-refractivity contribution in [1.29, 1.82) is 0 Å². The molecule has 116 valence electrons. The van der Waals surface area contributed by atoms with E-state index in [4.69, 9.17) is 0 Å². The fraction of sp³-hybridized carbons (Fsp3) is 0.600. The van der Waals surface area contributed by atoms with E-state index >= 15 is 0 Å². The Kier molecular flexibility index (Phi) is 5.01. The molecule has 2 heterocycles. The first kappa shape index (κ1) is 15.6. The summed E-state index contributed by atoms with van der Waals surface area (Å²) in [5.74, 6) is 0.787. The molecule has 0 aromatic carbocycles. The molecule has 0 unspecified atom stereocenters. The summed E-state index contributed by atoms with van der Waals surface area (Å²) in [6.07, 6.45) is 1.01. The number of likely N-dealkylation sites (N-methyl/N-ethyl adjacent to an activating group) is 1. The highest BCUT2D eigenvalue weighted by Gasteiger charge is 2.19. The number of amides is 2. The number of nitrogens with zero attached hydrogens (tertiary/aromatic N) is 4. The van der Waals surface area contributed by atoms with Gasteiger partial charge < -0.3 is 20.0 Å². The van der Waals surface area contributed by atoms with Gasteiger partial charge in [-0.25, -0.2) is 9.78 Å². The van der Waals surface area contributed by atoms with Crippen LogP contribution in [0.2, 0.25) is 0 Å². The third-order valence-corrected chi connectivity index (χ3v) is 3.69. The predicted octanol–water partition coefficient (Wildman–Crippen LogP) is 1.63. The highest BCUT2D eigenvalue weighted by molar-refractivity contribution is 5.92. The Morgan fingerprint density at radius 1 is 1.24 bits per heavy atom. The lowest BCUT2D eigenvalue weighted by molar-refractivity contribution is 0.213. The molecule has 2 amide bonds. The zero-order chi connectivity index (χ0) is 15.4. The second-order valence-corrected chi connectivity index (χ2v) is 5.79. The van der Waals surface area contributed by atoms with Crippen molar-refractivity contribution < 1.29 is 4.79 Å². The number of urea groups is 1. The highest BCUT2D eigenvalue weighted by Crippen LogP contribution is 2.22. The molecular weight excluding hydrogens is 266 g/mol. The molecule has 1 aromatic heterocycles. The molecule has 2 rings (SSSR count). The van der Waals surface area contributed by atoms with Crippen molar-refractivity contribution in [1.82, 2.24) is 14.8 Å². The molecule has 21 heavy (non-hydrogen) atoms. The Labute approximate surface area is 126 Å². The summed E-state index contributed by atoms with van der Waals surface area (Å²) in [5, 5.41) is 3.00. The molecule has 1 N–H and O–H groups in total. The number of carbonyl (C=O) groups excluding carboxylic acids is 1. The molecule has 1 saturated heterocycles. The van der Waals surface area contributed by atoms with Gasteiger partial charge in [-0.3, -0.25) is 0 Å². The minimum atomic E-state index is -0.0425. The van der Waals surface area contributed by atoms with Crippen LogP contribution in [0.25, 0.3) is 0 Å². The number of hydrogen-bond donors (Lipinski definition) is 1. The second-order valence-electron chi connectivity index (χ2n) is 5.79. The van der Waals surface area contributed by atoms with E-state index in [0.29, 0.717) is 0 Å². The van der Waals surface area contributed by atoms with Gasteiger partial charge in [-0.2, -0.15) is 0 Å². The molecule has 1 aliphatic rings. The highest BCUT2D eigenvalue weighted by atomic mass is 16.2.